The number of fused-ring (bicyclic) bond motifs is 2. The lowest BCUT2D eigenvalue weighted by molar-refractivity contribution is 0.820. The second-order valence-electron chi connectivity index (χ2n) is 15.4. The van der Waals surface area contributed by atoms with Gasteiger partial charge < -0.3 is 0 Å². The molecule has 7 aromatic rings. The third kappa shape index (κ3) is 5.51. The van der Waals surface area contributed by atoms with Gasteiger partial charge in [0.15, 0.2) is 28.1 Å². The Morgan fingerprint density at radius 2 is 0.926 bits per heavy atom. The van der Waals surface area contributed by atoms with Crippen molar-refractivity contribution >= 4 is 61.9 Å². The van der Waals surface area contributed by atoms with Gasteiger partial charge in [-0.05, 0) is 82.3 Å². The van der Waals surface area contributed by atoms with E-state index in [0.29, 0.717) is 33.4 Å². The molecule has 0 aliphatic carbocycles. The molecule has 0 radical (unpaired) electrons. The van der Waals surface area contributed by atoms with E-state index in [1.54, 1.807) is 30.6 Å². The summed E-state index contributed by atoms with van der Waals surface area (Å²) in [5.41, 5.74) is 7.94. The van der Waals surface area contributed by atoms with E-state index < -0.39 is 0 Å². The van der Waals surface area contributed by atoms with Crippen molar-refractivity contribution in [2.75, 3.05) is 9.80 Å². The summed E-state index contributed by atoms with van der Waals surface area (Å²) in [7, 11) is 0. The Bertz CT molecular complexity index is 2580. The van der Waals surface area contributed by atoms with E-state index in [4.69, 9.17) is 9.97 Å². The summed E-state index contributed by atoms with van der Waals surface area (Å²) in [5, 5.41) is 1.42. The molecule has 4 aromatic carbocycles. The highest BCUT2D eigenvalue weighted by Gasteiger charge is 2.41. The average molecular weight is 713 g/mol. The second kappa shape index (κ2) is 13.4. The lowest BCUT2D eigenvalue weighted by atomic mass is 9.91. The van der Waals surface area contributed by atoms with Crippen molar-refractivity contribution in [1.29, 1.82) is 0 Å². The van der Waals surface area contributed by atoms with Crippen LogP contribution in [0.3, 0.4) is 0 Å². The van der Waals surface area contributed by atoms with Crippen molar-refractivity contribution in [3.63, 3.8) is 0 Å². The Morgan fingerprint density at radius 1 is 0.519 bits per heavy atom. The summed E-state index contributed by atoms with van der Waals surface area (Å²) < 4.78 is 0. The number of para-hydroxylation sites is 4. The van der Waals surface area contributed by atoms with Crippen LogP contribution < -0.4 is 25.9 Å². The Balaban J connectivity index is 1.56. The molecule has 0 spiro atoms. The first-order valence-corrected chi connectivity index (χ1v) is 18.9. The zero-order valence-corrected chi connectivity index (χ0v) is 32.0. The fourth-order valence-electron chi connectivity index (χ4n) is 7.89. The first kappa shape index (κ1) is 35.0. The molecule has 4 heterocycles. The molecule has 0 saturated heterocycles. The molecular weight excluding hydrogens is 669 g/mol. The van der Waals surface area contributed by atoms with Gasteiger partial charge >= 0.3 is 0 Å². The van der Waals surface area contributed by atoms with E-state index in [9.17, 15) is 9.59 Å². The molecule has 0 amide bonds. The zero-order chi connectivity index (χ0) is 38.0. The molecule has 0 N–H and O–H groups in total. The van der Waals surface area contributed by atoms with Crippen LogP contribution in [-0.2, 0) is 0 Å². The molecule has 270 valence electrons. The molecule has 0 fully saturated rings. The Labute approximate surface area is 314 Å². The van der Waals surface area contributed by atoms with Crippen molar-refractivity contribution in [2.45, 2.75) is 79.1 Å². The average Bonchev–Trinajstić information content (AvgIpc) is 3.46. The van der Waals surface area contributed by atoms with Gasteiger partial charge in [0.25, 0.3) is 0 Å². The van der Waals surface area contributed by atoms with Crippen LogP contribution in [0.5, 0.6) is 0 Å². The van der Waals surface area contributed by atoms with Crippen molar-refractivity contribution in [3.8, 4) is 0 Å². The Morgan fingerprint density at radius 3 is 1.31 bits per heavy atom. The second-order valence-corrected chi connectivity index (χ2v) is 15.4. The monoisotopic (exact) mass is 712 g/mol. The van der Waals surface area contributed by atoms with Crippen LogP contribution in [0.4, 0.5) is 23.0 Å². The Hall–Kier alpha value is -6.02. The van der Waals surface area contributed by atoms with Gasteiger partial charge in [0.1, 0.15) is 5.82 Å². The number of benzene rings is 4. The first-order chi connectivity index (χ1) is 26.0. The van der Waals surface area contributed by atoms with Gasteiger partial charge in [0.2, 0.25) is 0 Å². The number of hydrogen-bond acceptors (Lipinski definition) is 8. The summed E-state index contributed by atoms with van der Waals surface area (Å²) >= 11 is 0. The highest BCUT2D eigenvalue weighted by Crippen LogP contribution is 2.54. The molecular formula is C46H44N6O2. The van der Waals surface area contributed by atoms with Crippen molar-refractivity contribution in [1.82, 2.24) is 19.9 Å². The van der Waals surface area contributed by atoms with Crippen LogP contribution in [0, 0.1) is 0 Å². The van der Waals surface area contributed by atoms with Crippen LogP contribution in [0.15, 0.2) is 107 Å². The fourth-order valence-corrected chi connectivity index (χ4v) is 7.89. The number of hydrogen-bond donors (Lipinski definition) is 0. The van der Waals surface area contributed by atoms with E-state index in [0.717, 1.165) is 50.5 Å². The van der Waals surface area contributed by atoms with Crippen molar-refractivity contribution in [2.24, 2.45) is 0 Å². The molecule has 8 nitrogen and oxygen atoms in total. The lowest BCUT2D eigenvalue weighted by Gasteiger charge is -2.32. The number of anilines is 4. The third-order valence-electron chi connectivity index (χ3n) is 10.6. The van der Waals surface area contributed by atoms with Crippen LogP contribution >= 0.6 is 0 Å². The maximum absolute atomic E-state index is 14.2. The summed E-state index contributed by atoms with van der Waals surface area (Å²) in [6.45, 7) is 17.7. The van der Waals surface area contributed by atoms with Gasteiger partial charge in [0, 0.05) is 28.6 Å². The van der Waals surface area contributed by atoms with E-state index in [2.05, 4.69) is 112 Å². The molecule has 0 unspecified atom stereocenters. The van der Waals surface area contributed by atoms with Gasteiger partial charge in [-0.15, -0.1) is 0 Å². The summed E-state index contributed by atoms with van der Waals surface area (Å²) in [6, 6.07) is 24.3. The van der Waals surface area contributed by atoms with Gasteiger partial charge in [-0.1, -0.05) is 104 Å². The number of pyridine rings is 2. The third-order valence-corrected chi connectivity index (χ3v) is 10.6. The largest absolute Gasteiger partial charge is 0.288 e. The predicted octanol–water partition coefficient (Wildman–Crippen LogP) is 9.71. The van der Waals surface area contributed by atoms with Crippen LogP contribution in [-0.4, -0.2) is 19.9 Å². The molecule has 8 rings (SSSR count). The Kier molecular flexibility index (Phi) is 8.72. The van der Waals surface area contributed by atoms with Gasteiger partial charge in [-0.3, -0.25) is 19.4 Å². The first-order valence-electron chi connectivity index (χ1n) is 18.9. The minimum Gasteiger partial charge on any atom is -0.288 e. The van der Waals surface area contributed by atoms with E-state index >= 15 is 0 Å². The maximum Gasteiger partial charge on any atom is 0.197 e. The molecule has 54 heavy (non-hydrogen) atoms. The summed E-state index contributed by atoms with van der Waals surface area (Å²) in [5.74, 6) is 2.83. The van der Waals surface area contributed by atoms with E-state index in [1.807, 2.05) is 30.3 Å². The molecule has 1 aliphatic rings. The topological polar surface area (TPSA) is 92.2 Å². The normalized spacial score (nSPS) is 13.1. The summed E-state index contributed by atoms with van der Waals surface area (Å²) in [4.78, 5) is 52.4. The highest BCUT2D eigenvalue weighted by atomic mass is 16.1. The van der Waals surface area contributed by atoms with Gasteiger partial charge in [-0.25, -0.2) is 19.9 Å². The minimum absolute atomic E-state index is 0.0816. The number of rotatable bonds is 7. The molecule has 0 saturated carbocycles. The molecule has 0 bridgehead atoms. The molecule has 0 atom stereocenters. The zero-order valence-electron chi connectivity index (χ0n) is 32.0. The smallest absolute Gasteiger partial charge is 0.197 e. The maximum atomic E-state index is 14.2. The van der Waals surface area contributed by atoms with Crippen molar-refractivity contribution < 1.29 is 0 Å². The molecule has 3 aromatic heterocycles. The fraction of sp³-hybridized carbons (Fsp3) is 0.261. The minimum atomic E-state index is -0.351. The standard InChI is InChI=1S/C46H44N6O2/c1-25(2)29-13-11-14-30(26(3)4)40(29)51-38(20-19-35-42(53)33-21-23-47-44-39(33)34(43(35)54)22-24-48-44)52(41-31(27(5)6)15-12-16-32(41)28(7)8)46-45(51)49-36-17-9-10-18-37(36)50-46/h9-28H,1-8H3. The number of allylic oxidation sites excluding steroid dienone is 1. The number of aromatic nitrogens is 4. The quantitative estimate of drug-likeness (QED) is 0.161. The SMILES string of the molecule is CC(C)c1cccc(C(C)C)c1N1C(=CC=c2c(=O)c3ccnc4nccc(c2=O)c43)N(c2c(C(C)C)cccc2C(C)C)c2nc3ccccc3nc21. The van der Waals surface area contributed by atoms with Crippen LogP contribution in [0.2, 0.25) is 0 Å². The van der Waals surface area contributed by atoms with Gasteiger partial charge in [-0.2, -0.15) is 0 Å². The van der Waals surface area contributed by atoms with Crippen LogP contribution in [0.25, 0.3) is 38.9 Å². The predicted molar refractivity (Wildman–Crippen MR) is 222 cm³/mol. The molecule has 1 aliphatic heterocycles. The van der Waals surface area contributed by atoms with Crippen molar-refractivity contribution in [3.05, 3.63) is 145 Å². The van der Waals surface area contributed by atoms with Gasteiger partial charge in [0.05, 0.1) is 27.6 Å². The lowest BCUT2D eigenvalue weighted by Crippen LogP contribution is -2.39. The number of nitrogens with zero attached hydrogens (tertiary/aromatic N) is 6. The summed E-state index contributed by atoms with van der Waals surface area (Å²) in [6.07, 6.45) is 6.77. The van der Waals surface area contributed by atoms with E-state index in [1.165, 1.54) is 0 Å². The molecule has 8 heteroatoms. The van der Waals surface area contributed by atoms with Crippen LogP contribution in [0.1, 0.15) is 101 Å². The van der Waals surface area contributed by atoms with E-state index in [-0.39, 0.29) is 39.7 Å². The highest BCUT2D eigenvalue weighted by molar-refractivity contribution is 6.06.